The Morgan fingerprint density at radius 3 is 2.25 bits per heavy atom. The highest BCUT2D eigenvalue weighted by atomic mass is 16.5. The van der Waals surface area contributed by atoms with E-state index in [1.54, 1.807) is 7.11 Å². The number of aliphatic hydroxyl groups excluding tert-OH is 1. The number of Topliss-reactive ketones (excluding diaryl/α,β-unsaturated/α-hetero) is 1. The van der Waals surface area contributed by atoms with Crippen molar-refractivity contribution >= 4 is 11.8 Å². The molecular weight excluding hydrogens is 448 g/mol. The van der Waals surface area contributed by atoms with Crippen LogP contribution in [0.25, 0.3) is 0 Å². The highest BCUT2D eigenvalue weighted by Gasteiger charge is 2.72. The van der Waals surface area contributed by atoms with Gasteiger partial charge in [0.2, 0.25) is 0 Å². The number of carbonyl (C=O) groups is 2. The molecule has 4 heteroatoms. The molecule has 0 spiro atoms. The maximum Gasteiger partial charge on any atom is 0.312 e. The summed E-state index contributed by atoms with van der Waals surface area (Å²) in [7, 11) is 1.59. The predicted molar refractivity (Wildman–Crippen MR) is 142 cm³/mol. The molecule has 3 unspecified atom stereocenters. The van der Waals surface area contributed by atoms with Crippen molar-refractivity contribution in [1.29, 1.82) is 0 Å². The molecule has 1 N–H and O–H groups in total. The Morgan fingerprint density at radius 1 is 0.944 bits per heavy atom. The molecule has 0 aromatic carbocycles. The molecule has 202 valence electrons. The number of ether oxygens (including phenoxy) is 1. The fourth-order valence-corrected chi connectivity index (χ4v) is 11.9. The molecule has 0 aromatic rings. The first-order valence-corrected chi connectivity index (χ1v) is 14.7. The van der Waals surface area contributed by atoms with E-state index in [1.165, 1.54) is 0 Å². The van der Waals surface area contributed by atoms with E-state index in [0.29, 0.717) is 47.5 Å². The monoisotopic (exact) mass is 498 g/mol. The molecule has 5 rings (SSSR count). The van der Waals surface area contributed by atoms with E-state index in [4.69, 9.17) is 4.74 Å². The van der Waals surface area contributed by atoms with Crippen LogP contribution < -0.4 is 0 Å². The Balaban J connectivity index is 1.58. The smallest absolute Gasteiger partial charge is 0.312 e. The molecule has 4 nitrogen and oxygen atoms in total. The molecule has 0 aromatic heterocycles. The Hall–Kier alpha value is -1.32. The van der Waals surface area contributed by atoms with E-state index in [2.05, 4.69) is 48.5 Å². The molecule has 5 fully saturated rings. The number of methoxy groups -OCH3 is 1. The van der Waals surface area contributed by atoms with Crippen LogP contribution in [-0.2, 0) is 14.3 Å². The molecule has 0 saturated heterocycles. The molecule has 0 aliphatic heterocycles. The second-order valence-corrected chi connectivity index (χ2v) is 15.2. The minimum atomic E-state index is -0.443. The SMILES string of the molecule is COC(=O)[C@]12CC[C@@H](C(C)C)C1C1CC[C@@H]3[C@@]4(C)C/C(=C/O)C(=O)C(C)(C)C4CC[C@@]3(C)[C@]1(C)CC2. The van der Waals surface area contributed by atoms with Crippen molar-refractivity contribution in [2.45, 2.75) is 106 Å². The van der Waals surface area contributed by atoms with Crippen molar-refractivity contribution < 1.29 is 19.4 Å². The quantitative estimate of drug-likeness (QED) is 0.243. The number of allylic oxidation sites excluding steroid dienone is 1. The Kier molecular flexibility index (Phi) is 5.91. The first-order chi connectivity index (χ1) is 16.7. The number of esters is 1. The summed E-state index contributed by atoms with van der Waals surface area (Å²) in [5.41, 5.74) is 0.199. The number of rotatable bonds is 2. The predicted octanol–water partition coefficient (Wildman–Crippen LogP) is 7.52. The Labute approximate surface area is 219 Å². The molecule has 0 radical (unpaired) electrons. The lowest BCUT2D eigenvalue weighted by Gasteiger charge is -2.72. The molecule has 9 atom stereocenters. The highest BCUT2D eigenvalue weighted by molar-refractivity contribution is 6.00. The number of hydrogen-bond donors (Lipinski definition) is 1. The second-order valence-electron chi connectivity index (χ2n) is 15.2. The van der Waals surface area contributed by atoms with Crippen LogP contribution in [0.2, 0.25) is 0 Å². The molecule has 5 aliphatic carbocycles. The number of ketones is 1. The zero-order valence-electron chi connectivity index (χ0n) is 24.1. The van der Waals surface area contributed by atoms with Crippen LogP contribution in [0.4, 0.5) is 0 Å². The van der Waals surface area contributed by atoms with Gasteiger partial charge in [-0.3, -0.25) is 9.59 Å². The van der Waals surface area contributed by atoms with Crippen molar-refractivity contribution in [3.05, 3.63) is 11.8 Å². The van der Waals surface area contributed by atoms with Crippen LogP contribution in [-0.4, -0.2) is 24.0 Å². The number of hydrogen-bond acceptors (Lipinski definition) is 4. The largest absolute Gasteiger partial charge is 0.515 e. The van der Waals surface area contributed by atoms with Gasteiger partial charge in [0.25, 0.3) is 0 Å². The molecule has 0 amide bonds. The van der Waals surface area contributed by atoms with E-state index in [-0.39, 0.29) is 33.4 Å². The normalized spacial score (nSPS) is 50.8. The second kappa shape index (κ2) is 8.09. The van der Waals surface area contributed by atoms with Crippen molar-refractivity contribution in [3.63, 3.8) is 0 Å². The highest BCUT2D eigenvalue weighted by Crippen LogP contribution is 2.77. The molecular formula is C32H50O4. The van der Waals surface area contributed by atoms with Gasteiger partial charge in [0.15, 0.2) is 5.78 Å². The number of aliphatic hydroxyl groups is 1. The van der Waals surface area contributed by atoms with Crippen molar-refractivity contribution in [1.82, 2.24) is 0 Å². The summed E-state index contributed by atoms with van der Waals surface area (Å²) in [6.45, 7) is 16.5. The third kappa shape index (κ3) is 2.99. The summed E-state index contributed by atoms with van der Waals surface area (Å²) in [6, 6.07) is 0. The maximum absolute atomic E-state index is 13.4. The van der Waals surface area contributed by atoms with Crippen LogP contribution in [0.1, 0.15) is 106 Å². The minimum absolute atomic E-state index is 0.00301. The molecule has 5 aliphatic rings. The number of fused-ring (bicyclic) bond motifs is 7. The van der Waals surface area contributed by atoms with E-state index >= 15 is 0 Å². The van der Waals surface area contributed by atoms with Crippen LogP contribution in [0.15, 0.2) is 11.8 Å². The van der Waals surface area contributed by atoms with Gasteiger partial charge in [-0.1, -0.05) is 48.5 Å². The van der Waals surface area contributed by atoms with Gasteiger partial charge in [-0.2, -0.15) is 0 Å². The average Bonchev–Trinajstić information content (AvgIpc) is 3.22. The number of carbonyl (C=O) groups excluding carboxylic acids is 2. The van der Waals surface area contributed by atoms with Gasteiger partial charge in [-0.25, -0.2) is 0 Å². The van der Waals surface area contributed by atoms with Crippen molar-refractivity contribution in [2.75, 3.05) is 7.11 Å². The topological polar surface area (TPSA) is 63.6 Å². The van der Waals surface area contributed by atoms with Crippen molar-refractivity contribution in [2.24, 2.45) is 62.6 Å². The van der Waals surface area contributed by atoms with Gasteiger partial charge < -0.3 is 9.84 Å². The summed E-state index contributed by atoms with van der Waals surface area (Å²) in [4.78, 5) is 26.7. The summed E-state index contributed by atoms with van der Waals surface area (Å²) in [5, 5.41) is 10.1. The summed E-state index contributed by atoms with van der Waals surface area (Å²) in [6.07, 6.45) is 10.5. The van der Waals surface area contributed by atoms with Gasteiger partial charge in [-0.15, -0.1) is 0 Å². The fraction of sp³-hybridized carbons (Fsp3) is 0.875. The maximum atomic E-state index is 13.4. The lowest BCUT2D eigenvalue weighted by atomic mass is 9.32. The van der Waals surface area contributed by atoms with Gasteiger partial charge in [-0.05, 0) is 110 Å². The van der Waals surface area contributed by atoms with E-state index in [1.807, 2.05) is 0 Å². The molecule has 0 bridgehead atoms. The first kappa shape index (κ1) is 26.3. The third-order valence-corrected chi connectivity index (χ3v) is 13.7. The summed E-state index contributed by atoms with van der Waals surface area (Å²) >= 11 is 0. The summed E-state index contributed by atoms with van der Waals surface area (Å²) in [5.74, 6) is 3.13. The van der Waals surface area contributed by atoms with Crippen LogP contribution in [0.5, 0.6) is 0 Å². The fourth-order valence-electron chi connectivity index (χ4n) is 11.9. The van der Waals surface area contributed by atoms with Crippen LogP contribution >= 0.6 is 0 Å². The van der Waals surface area contributed by atoms with E-state index in [9.17, 15) is 14.7 Å². The molecule has 0 heterocycles. The zero-order valence-corrected chi connectivity index (χ0v) is 24.1. The molecule has 5 saturated carbocycles. The lowest BCUT2D eigenvalue weighted by Crippen LogP contribution is -2.67. The molecule has 36 heavy (non-hydrogen) atoms. The Bertz CT molecular complexity index is 979. The first-order valence-electron chi connectivity index (χ1n) is 14.7. The lowest BCUT2D eigenvalue weighted by molar-refractivity contribution is -0.234. The van der Waals surface area contributed by atoms with E-state index in [0.717, 1.165) is 57.6 Å². The van der Waals surface area contributed by atoms with Gasteiger partial charge in [0.05, 0.1) is 18.8 Å². The zero-order chi connectivity index (χ0) is 26.5. The summed E-state index contributed by atoms with van der Waals surface area (Å²) < 4.78 is 5.51. The minimum Gasteiger partial charge on any atom is -0.515 e. The Morgan fingerprint density at radius 2 is 1.64 bits per heavy atom. The van der Waals surface area contributed by atoms with Crippen LogP contribution in [0.3, 0.4) is 0 Å². The van der Waals surface area contributed by atoms with Gasteiger partial charge in [0.1, 0.15) is 0 Å². The van der Waals surface area contributed by atoms with Crippen LogP contribution in [0, 0.1) is 62.6 Å². The van der Waals surface area contributed by atoms with Gasteiger partial charge >= 0.3 is 5.97 Å². The van der Waals surface area contributed by atoms with Crippen molar-refractivity contribution in [3.8, 4) is 0 Å². The average molecular weight is 499 g/mol. The van der Waals surface area contributed by atoms with E-state index < -0.39 is 5.41 Å². The standard InChI is InChI=1S/C32H50O4/c1-19(2)21-11-14-32(27(35)36-8)16-15-30(6)22(25(21)32)9-10-24-29(5)17-20(18-33)26(34)28(3,4)23(29)12-13-31(24,30)7/h18-19,21-25,33H,9-17H2,1-8H3/b20-18-/t21-,22?,23?,24+,25?,29-,30+,31+,32-/m0/s1. The van der Waals surface area contributed by atoms with Gasteiger partial charge in [0, 0.05) is 11.0 Å². The third-order valence-electron chi connectivity index (χ3n) is 13.7.